The molecule has 0 spiro atoms. The van der Waals surface area contributed by atoms with Crippen molar-refractivity contribution in [3.63, 3.8) is 0 Å². The molecule has 1 aromatic heterocycles. The summed E-state index contributed by atoms with van der Waals surface area (Å²) in [6.07, 6.45) is 3.42. The number of nitriles is 1. The number of aromatic nitrogens is 2. The van der Waals surface area contributed by atoms with Gasteiger partial charge < -0.3 is 10.6 Å². The highest BCUT2D eigenvalue weighted by Crippen LogP contribution is 2.25. The maximum absolute atomic E-state index is 9.32. The Labute approximate surface area is 160 Å². The first kappa shape index (κ1) is 18.4. The van der Waals surface area contributed by atoms with E-state index >= 15 is 0 Å². The van der Waals surface area contributed by atoms with Gasteiger partial charge in [0.15, 0.2) is 0 Å². The predicted molar refractivity (Wildman–Crippen MR) is 110 cm³/mol. The van der Waals surface area contributed by atoms with Crippen molar-refractivity contribution in [1.82, 2.24) is 9.97 Å². The number of nitrogens with zero attached hydrogens (tertiary/aromatic N) is 3. The largest absolute Gasteiger partial charge is 0.354 e. The average molecular weight is 357 g/mol. The third-order valence-corrected chi connectivity index (χ3v) is 4.17. The first-order valence-corrected chi connectivity index (χ1v) is 9.24. The van der Waals surface area contributed by atoms with Crippen LogP contribution in [0.4, 0.5) is 17.5 Å². The van der Waals surface area contributed by atoms with Crippen LogP contribution < -0.4 is 10.6 Å². The molecule has 0 fully saturated rings. The van der Waals surface area contributed by atoms with Gasteiger partial charge in [-0.3, -0.25) is 0 Å². The molecule has 0 aliphatic carbocycles. The number of hydrogen-bond acceptors (Lipinski definition) is 5. The molecule has 0 unspecified atom stereocenters. The first-order valence-electron chi connectivity index (χ1n) is 9.24. The van der Waals surface area contributed by atoms with Crippen molar-refractivity contribution in [2.75, 3.05) is 17.2 Å². The van der Waals surface area contributed by atoms with Gasteiger partial charge in [0, 0.05) is 18.2 Å². The van der Waals surface area contributed by atoms with Crippen LogP contribution >= 0.6 is 0 Å². The summed E-state index contributed by atoms with van der Waals surface area (Å²) in [7, 11) is 0. The van der Waals surface area contributed by atoms with E-state index in [1.165, 1.54) is 12.8 Å². The highest BCUT2D eigenvalue weighted by atomic mass is 15.1. The first-order chi connectivity index (χ1) is 13.3. The van der Waals surface area contributed by atoms with Gasteiger partial charge in [-0.15, -0.1) is 0 Å². The van der Waals surface area contributed by atoms with Crippen molar-refractivity contribution in [3.05, 3.63) is 66.2 Å². The van der Waals surface area contributed by atoms with E-state index in [0.29, 0.717) is 17.3 Å². The summed E-state index contributed by atoms with van der Waals surface area (Å²) in [5.41, 5.74) is 3.16. The Bertz CT molecular complexity index is 915. The zero-order valence-electron chi connectivity index (χ0n) is 15.4. The number of benzene rings is 2. The molecule has 2 N–H and O–H groups in total. The number of hydrogen-bond donors (Lipinski definition) is 2. The van der Waals surface area contributed by atoms with Crippen LogP contribution in [0.15, 0.2) is 60.7 Å². The molecule has 136 valence electrons. The van der Waals surface area contributed by atoms with E-state index in [1.54, 1.807) is 6.07 Å². The molecule has 5 heteroatoms. The second kappa shape index (κ2) is 9.35. The molecule has 0 aliphatic rings. The second-order valence-electron chi connectivity index (χ2n) is 6.24. The van der Waals surface area contributed by atoms with Crippen LogP contribution in [0.3, 0.4) is 0 Å². The zero-order chi connectivity index (χ0) is 18.9. The minimum atomic E-state index is 0.579. The Morgan fingerprint density at radius 2 is 1.74 bits per heavy atom. The maximum atomic E-state index is 9.32. The van der Waals surface area contributed by atoms with Crippen LogP contribution in [-0.4, -0.2) is 16.5 Å². The standard InChI is InChI=1S/C22H23N5/c1-2-3-9-14-24-22-26-20(17-10-5-4-6-11-17)15-21(27-22)25-19-13-8-7-12-18(19)16-23/h4-8,10-13,15H,2-3,9,14H2,1H3,(H2,24,25,26,27). The van der Waals surface area contributed by atoms with Crippen molar-refractivity contribution in [1.29, 1.82) is 5.26 Å². The molecule has 0 radical (unpaired) electrons. The van der Waals surface area contributed by atoms with Crippen LogP contribution in [0.25, 0.3) is 11.3 Å². The minimum absolute atomic E-state index is 0.579. The maximum Gasteiger partial charge on any atom is 0.225 e. The normalized spacial score (nSPS) is 10.2. The van der Waals surface area contributed by atoms with E-state index in [4.69, 9.17) is 0 Å². The highest BCUT2D eigenvalue weighted by molar-refractivity contribution is 5.69. The molecule has 0 atom stereocenters. The Balaban J connectivity index is 1.91. The van der Waals surface area contributed by atoms with E-state index in [0.717, 1.165) is 29.9 Å². The van der Waals surface area contributed by atoms with E-state index in [9.17, 15) is 5.26 Å². The Morgan fingerprint density at radius 1 is 0.963 bits per heavy atom. The fourth-order valence-corrected chi connectivity index (χ4v) is 2.75. The molecule has 0 bridgehead atoms. The molecule has 0 amide bonds. The summed E-state index contributed by atoms with van der Waals surface area (Å²) >= 11 is 0. The lowest BCUT2D eigenvalue weighted by Gasteiger charge is -2.12. The van der Waals surface area contributed by atoms with Gasteiger partial charge in [0.05, 0.1) is 16.9 Å². The minimum Gasteiger partial charge on any atom is -0.354 e. The lowest BCUT2D eigenvalue weighted by Crippen LogP contribution is -2.08. The van der Waals surface area contributed by atoms with Crippen LogP contribution in [0.2, 0.25) is 0 Å². The van der Waals surface area contributed by atoms with Crippen molar-refractivity contribution >= 4 is 17.5 Å². The average Bonchev–Trinajstić information content (AvgIpc) is 2.72. The van der Waals surface area contributed by atoms with Crippen molar-refractivity contribution in [3.8, 4) is 17.3 Å². The highest BCUT2D eigenvalue weighted by Gasteiger charge is 2.09. The molecular weight excluding hydrogens is 334 g/mol. The molecule has 1 heterocycles. The second-order valence-corrected chi connectivity index (χ2v) is 6.24. The predicted octanol–water partition coefficient (Wildman–Crippen LogP) is 5.36. The van der Waals surface area contributed by atoms with Crippen molar-refractivity contribution < 1.29 is 0 Å². The number of rotatable bonds is 8. The number of anilines is 3. The quantitative estimate of drug-likeness (QED) is 0.531. The number of para-hydroxylation sites is 1. The Hall–Kier alpha value is -3.39. The summed E-state index contributed by atoms with van der Waals surface area (Å²) in [5, 5.41) is 15.9. The Kier molecular flexibility index (Phi) is 6.37. The topological polar surface area (TPSA) is 73.6 Å². The van der Waals surface area contributed by atoms with E-state index in [-0.39, 0.29) is 0 Å². The number of nitrogens with one attached hydrogen (secondary N) is 2. The van der Waals surface area contributed by atoms with Crippen LogP contribution in [0.5, 0.6) is 0 Å². The number of unbranched alkanes of at least 4 members (excludes halogenated alkanes) is 2. The lowest BCUT2D eigenvalue weighted by molar-refractivity contribution is 0.740. The van der Waals surface area contributed by atoms with E-state index in [2.05, 4.69) is 33.6 Å². The Morgan fingerprint density at radius 3 is 2.52 bits per heavy atom. The van der Waals surface area contributed by atoms with Gasteiger partial charge in [-0.05, 0) is 18.6 Å². The van der Waals surface area contributed by atoms with Crippen LogP contribution in [0, 0.1) is 11.3 Å². The molecule has 3 aromatic rings. The van der Waals surface area contributed by atoms with Gasteiger partial charge in [0.1, 0.15) is 11.9 Å². The summed E-state index contributed by atoms with van der Waals surface area (Å²) in [6.45, 7) is 3.02. The van der Waals surface area contributed by atoms with Crippen molar-refractivity contribution in [2.24, 2.45) is 0 Å². The molecule has 0 saturated carbocycles. The van der Waals surface area contributed by atoms with E-state index < -0.39 is 0 Å². The van der Waals surface area contributed by atoms with E-state index in [1.807, 2.05) is 54.6 Å². The fourth-order valence-electron chi connectivity index (χ4n) is 2.75. The monoisotopic (exact) mass is 357 g/mol. The molecule has 0 saturated heterocycles. The van der Waals surface area contributed by atoms with Gasteiger partial charge in [0.25, 0.3) is 0 Å². The summed E-state index contributed by atoms with van der Waals surface area (Å²) in [4.78, 5) is 9.24. The van der Waals surface area contributed by atoms with Gasteiger partial charge in [-0.25, -0.2) is 4.98 Å². The molecule has 2 aromatic carbocycles. The van der Waals surface area contributed by atoms with Gasteiger partial charge in [0.2, 0.25) is 5.95 Å². The van der Waals surface area contributed by atoms with Gasteiger partial charge in [-0.1, -0.05) is 62.2 Å². The SMILES string of the molecule is CCCCCNc1nc(Nc2ccccc2C#N)cc(-c2ccccc2)n1. The van der Waals surface area contributed by atoms with Crippen LogP contribution in [0.1, 0.15) is 31.7 Å². The molecule has 27 heavy (non-hydrogen) atoms. The summed E-state index contributed by atoms with van der Waals surface area (Å²) < 4.78 is 0. The van der Waals surface area contributed by atoms with Gasteiger partial charge in [-0.2, -0.15) is 10.2 Å². The summed E-state index contributed by atoms with van der Waals surface area (Å²) in [6, 6.07) is 21.5. The third kappa shape index (κ3) is 5.05. The molecule has 5 nitrogen and oxygen atoms in total. The van der Waals surface area contributed by atoms with Crippen molar-refractivity contribution in [2.45, 2.75) is 26.2 Å². The molecular formula is C22H23N5. The molecule has 0 aliphatic heterocycles. The summed E-state index contributed by atoms with van der Waals surface area (Å²) in [5.74, 6) is 1.24. The molecule has 3 rings (SSSR count). The lowest BCUT2D eigenvalue weighted by atomic mass is 10.1. The zero-order valence-corrected chi connectivity index (χ0v) is 15.4. The smallest absolute Gasteiger partial charge is 0.225 e. The third-order valence-electron chi connectivity index (χ3n) is 4.17. The van der Waals surface area contributed by atoms with Gasteiger partial charge >= 0.3 is 0 Å². The van der Waals surface area contributed by atoms with Crippen LogP contribution in [-0.2, 0) is 0 Å². The fraction of sp³-hybridized carbons (Fsp3) is 0.227.